The van der Waals surface area contributed by atoms with E-state index in [1.165, 1.54) is 0 Å². The van der Waals surface area contributed by atoms with Crippen molar-refractivity contribution in [1.29, 1.82) is 0 Å². The van der Waals surface area contributed by atoms with Crippen LogP contribution in [0.15, 0.2) is 17.2 Å². The van der Waals surface area contributed by atoms with Crippen LogP contribution in [-0.4, -0.2) is 47.8 Å². The minimum atomic E-state index is -0.0913. The van der Waals surface area contributed by atoms with Crippen LogP contribution in [0.2, 0.25) is 0 Å². The van der Waals surface area contributed by atoms with Gasteiger partial charge in [-0.25, -0.2) is 4.79 Å². The van der Waals surface area contributed by atoms with Gasteiger partial charge in [-0.2, -0.15) is 0 Å². The molecule has 2 amide bonds. The van der Waals surface area contributed by atoms with Crippen LogP contribution in [0.4, 0.5) is 4.79 Å². The number of hydrogen-bond acceptors (Lipinski definition) is 4. The van der Waals surface area contributed by atoms with Gasteiger partial charge in [0, 0.05) is 37.3 Å². The molecule has 1 aliphatic rings. The molecule has 0 aromatic carbocycles. The first kappa shape index (κ1) is 17.5. The van der Waals surface area contributed by atoms with Gasteiger partial charge >= 0.3 is 6.03 Å². The van der Waals surface area contributed by atoms with Crippen molar-refractivity contribution in [3.8, 4) is 0 Å². The van der Waals surface area contributed by atoms with Gasteiger partial charge in [-0.05, 0) is 40.0 Å². The number of nitrogens with one attached hydrogen (secondary N) is 2. The average molecular weight is 320 g/mol. The summed E-state index contributed by atoms with van der Waals surface area (Å²) in [6.45, 7) is 12.5. The number of carbonyl (C=O) groups excluding carboxylic acids is 1. The number of aromatic nitrogens is 1. The van der Waals surface area contributed by atoms with E-state index >= 15 is 0 Å². The monoisotopic (exact) mass is 320 g/mol. The first-order valence-electron chi connectivity index (χ1n) is 8.31. The molecule has 0 spiro atoms. The standard InChI is InChI=1S/C17H28N4O2/c1-5-8-21-9-6-15(7-10-21)19-17(22)18-12(2)11-16-13(3)20-23-14(16)4/h5,12,15H,1,6-11H2,2-4H3,(H2,18,19,22)/t12-/m1/s1. The Balaban J connectivity index is 1.73. The molecule has 1 saturated heterocycles. The third-order valence-electron chi connectivity index (χ3n) is 4.38. The second-order valence-corrected chi connectivity index (χ2v) is 6.39. The van der Waals surface area contributed by atoms with E-state index in [4.69, 9.17) is 4.52 Å². The van der Waals surface area contributed by atoms with E-state index in [1.807, 2.05) is 26.8 Å². The first-order chi connectivity index (χ1) is 11.0. The molecule has 1 atom stereocenters. The summed E-state index contributed by atoms with van der Waals surface area (Å²) in [4.78, 5) is 14.5. The molecule has 23 heavy (non-hydrogen) atoms. The number of aryl methyl sites for hydroxylation is 2. The zero-order chi connectivity index (χ0) is 16.8. The van der Waals surface area contributed by atoms with Gasteiger partial charge in [-0.3, -0.25) is 4.90 Å². The summed E-state index contributed by atoms with van der Waals surface area (Å²) in [6, 6.07) is 0.196. The molecule has 2 heterocycles. The normalized spacial score (nSPS) is 17.7. The number of likely N-dealkylation sites (tertiary alicyclic amines) is 1. The van der Waals surface area contributed by atoms with Crippen LogP contribution in [0, 0.1) is 13.8 Å². The van der Waals surface area contributed by atoms with E-state index in [2.05, 4.69) is 27.3 Å². The Labute approximate surface area is 138 Å². The minimum absolute atomic E-state index is 0.0349. The predicted molar refractivity (Wildman–Crippen MR) is 90.5 cm³/mol. The Bertz CT molecular complexity index is 513. The van der Waals surface area contributed by atoms with E-state index < -0.39 is 0 Å². The van der Waals surface area contributed by atoms with Gasteiger partial charge in [0.15, 0.2) is 0 Å². The Morgan fingerprint density at radius 3 is 2.74 bits per heavy atom. The molecule has 6 nitrogen and oxygen atoms in total. The lowest BCUT2D eigenvalue weighted by Crippen LogP contribution is -2.49. The molecule has 1 aromatic heterocycles. The van der Waals surface area contributed by atoms with Gasteiger partial charge in [-0.15, -0.1) is 6.58 Å². The molecule has 1 aliphatic heterocycles. The second kappa shape index (κ2) is 8.15. The smallest absolute Gasteiger partial charge is 0.315 e. The van der Waals surface area contributed by atoms with Gasteiger partial charge < -0.3 is 15.2 Å². The van der Waals surface area contributed by atoms with Crippen molar-refractivity contribution < 1.29 is 9.32 Å². The van der Waals surface area contributed by atoms with Gasteiger partial charge in [0.2, 0.25) is 0 Å². The molecule has 2 N–H and O–H groups in total. The first-order valence-corrected chi connectivity index (χ1v) is 8.31. The molecule has 0 aliphatic carbocycles. The summed E-state index contributed by atoms with van der Waals surface area (Å²) in [5.41, 5.74) is 1.97. The number of hydrogen-bond donors (Lipinski definition) is 2. The van der Waals surface area contributed by atoms with E-state index in [0.29, 0.717) is 0 Å². The van der Waals surface area contributed by atoms with E-state index in [1.54, 1.807) is 0 Å². The number of amides is 2. The lowest BCUT2D eigenvalue weighted by molar-refractivity contribution is 0.202. The van der Waals surface area contributed by atoms with Crippen molar-refractivity contribution in [3.63, 3.8) is 0 Å². The van der Waals surface area contributed by atoms with Gasteiger partial charge in [0.05, 0.1) is 5.69 Å². The van der Waals surface area contributed by atoms with Crippen molar-refractivity contribution in [2.24, 2.45) is 0 Å². The van der Waals surface area contributed by atoms with Gasteiger partial charge in [-0.1, -0.05) is 11.2 Å². The molecule has 1 aromatic rings. The van der Waals surface area contributed by atoms with Gasteiger partial charge in [0.1, 0.15) is 5.76 Å². The number of nitrogens with zero attached hydrogens (tertiary/aromatic N) is 2. The highest BCUT2D eigenvalue weighted by Crippen LogP contribution is 2.14. The fraction of sp³-hybridized carbons (Fsp3) is 0.647. The largest absolute Gasteiger partial charge is 0.361 e. The maximum absolute atomic E-state index is 12.1. The number of carbonyl (C=O) groups is 1. The molecule has 1 fully saturated rings. The van der Waals surface area contributed by atoms with Crippen molar-refractivity contribution in [1.82, 2.24) is 20.7 Å². The molecular weight excluding hydrogens is 292 g/mol. The van der Waals surface area contributed by atoms with Crippen LogP contribution in [0.5, 0.6) is 0 Å². The SMILES string of the molecule is C=CCN1CCC(NC(=O)N[C@H](C)Cc2c(C)noc2C)CC1. The Morgan fingerprint density at radius 1 is 1.48 bits per heavy atom. The number of piperidine rings is 1. The van der Waals surface area contributed by atoms with Crippen LogP contribution in [0.1, 0.15) is 36.8 Å². The van der Waals surface area contributed by atoms with Crippen molar-refractivity contribution >= 4 is 6.03 Å². The fourth-order valence-corrected chi connectivity index (χ4v) is 3.04. The fourth-order valence-electron chi connectivity index (χ4n) is 3.04. The second-order valence-electron chi connectivity index (χ2n) is 6.39. The highest BCUT2D eigenvalue weighted by Gasteiger charge is 2.21. The van der Waals surface area contributed by atoms with Crippen molar-refractivity contribution in [3.05, 3.63) is 29.7 Å². The lowest BCUT2D eigenvalue weighted by atomic mass is 10.0. The molecule has 0 bridgehead atoms. The highest BCUT2D eigenvalue weighted by molar-refractivity contribution is 5.74. The quantitative estimate of drug-likeness (QED) is 0.788. The Hall–Kier alpha value is -1.82. The van der Waals surface area contributed by atoms with Crippen LogP contribution in [0.3, 0.4) is 0 Å². The molecule has 0 unspecified atom stereocenters. The third-order valence-corrected chi connectivity index (χ3v) is 4.38. The molecule has 0 saturated carbocycles. The van der Waals surface area contributed by atoms with Crippen molar-refractivity contribution in [2.45, 2.75) is 52.1 Å². The molecule has 0 radical (unpaired) electrons. The minimum Gasteiger partial charge on any atom is -0.361 e. The maximum atomic E-state index is 12.1. The third kappa shape index (κ3) is 5.10. The summed E-state index contributed by atoms with van der Waals surface area (Å²) in [5.74, 6) is 0.825. The summed E-state index contributed by atoms with van der Waals surface area (Å²) in [5, 5.41) is 10.0. The Kier molecular flexibility index (Phi) is 6.21. The molecule has 6 heteroatoms. The van der Waals surface area contributed by atoms with E-state index in [0.717, 1.165) is 55.9 Å². The summed E-state index contributed by atoms with van der Waals surface area (Å²) in [6.07, 6.45) is 4.63. The van der Waals surface area contributed by atoms with Gasteiger partial charge in [0.25, 0.3) is 0 Å². The van der Waals surface area contributed by atoms with Crippen LogP contribution >= 0.6 is 0 Å². The number of urea groups is 1. The van der Waals surface area contributed by atoms with E-state index in [-0.39, 0.29) is 18.1 Å². The number of rotatable bonds is 6. The molecular formula is C17H28N4O2. The molecule has 128 valence electrons. The van der Waals surface area contributed by atoms with Crippen LogP contribution in [0.25, 0.3) is 0 Å². The van der Waals surface area contributed by atoms with Crippen LogP contribution < -0.4 is 10.6 Å². The summed E-state index contributed by atoms with van der Waals surface area (Å²) in [7, 11) is 0. The summed E-state index contributed by atoms with van der Waals surface area (Å²) >= 11 is 0. The summed E-state index contributed by atoms with van der Waals surface area (Å²) < 4.78 is 5.16. The Morgan fingerprint density at radius 2 is 2.17 bits per heavy atom. The zero-order valence-electron chi connectivity index (χ0n) is 14.4. The van der Waals surface area contributed by atoms with Crippen molar-refractivity contribution in [2.75, 3.05) is 19.6 Å². The zero-order valence-corrected chi connectivity index (χ0v) is 14.4. The maximum Gasteiger partial charge on any atom is 0.315 e. The van der Waals surface area contributed by atoms with Crippen LogP contribution in [-0.2, 0) is 6.42 Å². The topological polar surface area (TPSA) is 70.4 Å². The van der Waals surface area contributed by atoms with E-state index in [9.17, 15) is 4.79 Å². The lowest BCUT2D eigenvalue weighted by Gasteiger charge is -2.31. The molecule has 2 rings (SSSR count). The predicted octanol–water partition coefficient (Wildman–Crippen LogP) is 2.17. The highest BCUT2D eigenvalue weighted by atomic mass is 16.5. The average Bonchev–Trinajstić information content (AvgIpc) is 2.81.